The van der Waals surface area contributed by atoms with Gasteiger partial charge in [0.1, 0.15) is 13.2 Å². The Balaban J connectivity index is 1.90. The maximum atomic E-state index is 5.67. The van der Waals surface area contributed by atoms with Gasteiger partial charge in [0.2, 0.25) is 0 Å². The molecule has 4 rings (SSSR count). The molecule has 0 radical (unpaired) electrons. The predicted molar refractivity (Wildman–Crippen MR) is 87.4 cm³/mol. The van der Waals surface area contributed by atoms with Crippen molar-refractivity contribution in [2.75, 3.05) is 13.2 Å². The summed E-state index contributed by atoms with van der Waals surface area (Å²) < 4.78 is 12.5. The van der Waals surface area contributed by atoms with E-state index in [0.717, 1.165) is 22.6 Å². The fourth-order valence-corrected chi connectivity index (χ4v) is 3.18. The van der Waals surface area contributed by atoms with Crippen LogP contribution in [0.3, 0.4) is 0 Å². The summed E-state index contributed by atoms with van der Waals surface area (Å²) in [4.78, 5) is 3.36. The third-order valence-corrected chi connectivity index (χ3v) is 4.41. The van der Waals surface area contributed by atoms with Gasteiger partial charge < -0.3 is 14.5 Å². The van der Waals surface area contributed by atoms with E-state index in [1.54, 1.807) is 0 Å². The molecule has 0 fully saturated rings. The maximum absolute atomic E-state index is 5.67. The Labute approximate surface area is 130 Å². The third kappa shape index (κ3) is 1.86. The van der Waals surface area contributed by atoms with E-state index in [1.807, 2.05) is 12.3 Å². The predicted octanol–water partition coefficient (Wildman–Crippen LogP) is 4.21. The number of H-pyrrole nitrogens is 1. The number of nitrogens with one attached hydrogen (secondary N) is 1. The molecule has 1 N–H and O–H groups in total. The molecule has 0 saturated carbocycles. The van der Waals surface area contributed by atoms with Crippen molar-refractivity contribution in [3.63, 3.8) is 0 Å². The van der Waals surface area contributed by atoms with Crippen molar-refractivity contribution >= 4 is 33.5 Å². The molecule has 4 heteroatoms. The number of aromatic amines is 1. The fraction of sp³-hybridized carbons (Fsp3) is 0.125. The number of para-hydroxylation sites is 1. The molecule has 0 spiro atoms. The van der Waals surface area contributed by atoms with Crippen LogP contribution in [0.5, 0.6) is 11.5 Å². The molecule has 2 heterocycles. The molecule has 1 aliphatic rings. The van der Waals surface area contributed by atoms with Crippen molar-refractivity contribution in [2.45, 2.75) is 0 Å². The lowest BCUT2D eigenvalue weighted by Gasteiger charge is -2.19. The summed E-state index contributed by atoms with van der Waals surface area (Å²) in [5.74, 6) is 1.65. The van der Waals surface area contributed by atoms with Crippen molar-refractivity contribution in [1.29, 1.82) is 0 Å². The van der Waals surface area contributed by atoms with Crippen LogP contribution in [0.15, 0.2) is 42.6 Å². The molecular weight excluding hydrogens is 365 g/mol. The lowest BCUT2D eigenvalue weighted by atomic mass is 10.0. The van der Waals surface area contributed by atoms with Crippen molar-refractivity contribution in [2.24, 2.45) is 0 Å². The number of aromatic nitrogens is 1. The summed E-state index contributed by atoms with van der Waals surface area (Å²) in [6.07, 6.45) is 2.03. The first kappa shape index (κ1) is 12.1. The van der Waals surface area contributed by atoms with Gasteiger partial charge in [-0.1, -0.05) is 24.3 Å². The van der Waals surface area contributed by atoms with Crippen LogP contribution in [0.4, 0.5) is 0 Å². The summed E-state index contributed by atoms with van der Waals surface area (Å²) in [6.45, 7) is 1.23. The smallest absolute Gasteiger partial charge is 0.161 e. The summed E-state index contributed by atoms with van der Waals surface area (Å²) >= 11 is 2.35. The van der Waals surface area contributed by atoms with Crippen LogP contribution < -0.4 is 9.47 Å². The summed E-state index contributed by atoms with van der Waals surface area (Å²) in [6, 6.07) is 12.5. The Hall–Kier alpha value is -1.69. The van der Waals surface area contributed by atoms with Gasteiger partial charge in [-0.2, -0.15) is 0 Å². The molecule has 2 aromatic carbocycles. The zero-order valence-corrected chi connectivity index (χ0v) is 12.8. The van der Waals surface area contributed by atoms with Crippen molar-refractivity contribution in [1.82, 2.24) is 4.98 Å². The molecule has 0 saturated heterocycles. The Morgan fingerprint density at radius 3 is 2.75 bits per heavy atom. The highest BCUT2D eigenvalue weighted by Crippen LogP contribution is 2.37. The van der Waals surface area contributed by atoms with Crippen molar-refractivity contribution in [3.05, 3.63) is 46.2 Å². The van der Waals surface area contributed by atoms with Crippen LogP contribution >= 0.6 is 22.6 Å². The van der Waals surface area contributed by atoms with Crippen LogP contribution in [0.25, 0.3) is 22.0 Å². The van der Waals surface area contributed by atoms with E-state index in [-0.39, 0.29) is 0 Å². The number of hydrogen-bond donors (Lipinski definition) is 1. The first-order chi connectivity index (χ1) is 9.83. The van der Waals surface area contributed by atoms with Gasteiger partial charge in [-0.15, -0.1) is 0 Å². The zero-order valence-electron chi connectivity index (χ0n) is 10.7. The number of benzene rings is 2. The zero-order chi connectivity index (χ0) is 13.5. The van der Waals surface area contributed by atoms with Crippen molar-refractivity contribution < 1.29 is 9.47 Å². The topological polar surface area (TPSA) is 34.2 Å². The second-order valence-electron chi connectivity index (χ2n) is 4.72. The third-order valence-electron chi connectivity index (χ3n) is 3.52. The van der Waals surface area contributed by atoms with Crippen molar-refractivity contribution in [3.8, 4) is 22.6 Å². The van der Waals surface area contributed by atoms with Crippen LogP contribution in [0.2, 0.25) is 0 Å². The second kappa shape index (κ2) is 4.70. The van der Waals surface area contributed by atoms with Gasteiger partial charge in [0.25, 0.3) is 0 Å². The molecule has 0 amide bonds. The molecule has 100 valence electrons. The van der Waals surface area contributed by atoms with Gasteiger partial charge in [0.05, 0.1) is 5.52 Å². The molecular formula is C16H12INO2. The van der Waals surface area contributed by atoms with Crippen LogP contribution in [0.1, 0.15) is 0 Å². The van der Waals surface area contributed by atoms with Gasteiger partial charge in [-0.25, -0.2) is 0 Å². The van der Waals surface area contributed by atoms with E-state index in [9.17, 15) is 0 Å². The average Bonchev–Trinajstić information content (AvgIpc) is 2.88. The largest absolute Gasteiger partial charge is 0.486 e. The summed E-state index contributed by atoms with van der Waals surface area (Å²) in [7, 11) is 0. The average molecular weight is 377 g/mol. The van der Waals surface area contributed by atoms with E-state index in [1.165, 1.54) is 14.5 Å². The summed E-state index contributed by atoms with van der Waals surface area (Å²) in [5, 5.41) is 1.25. The van der Waals surface area contributed by atoms with Gasteiger partial charge in [-0.05, 0) is 40.3 Å². The minimum Gasteiger partial charge on any atom is -0.486 e. The standard InChI is InChI=1S/C16H12INO2/c17-13-9-18-16-11(2-1-3-12(13)16)10-4-5-14-15(8-10)20-7-6-19-14/h1-5,8-9,18H,6-7H2. The van der Waals surface area contributed by atoms with Crippen LogP contribution in [-0.4, -0.2) is 18.2 Å². The van der Waals surface area contributed by atoms with E-state index >= 15 is 0 Å². The van der Waals surface area contributed by atoms with Gasteiger partial charge in [0, 0.05) is 20.7 Å². The van der Waals surface area contributed by atoms with Crippen LogP contribution in [-0.2, 0) is 0 Å². The normalized spacial score (nSPS) is 13.7. The first-order valence-electron chi connectivity index (χ1n) is 6.48. The Morgan fingerprint density at radius 2 is 1.85 bits per heavy atom. The molecule has 1 aliphatic heterocycles. The number of fused-ring (bicyclic) bond motifs is 2. The molecule has 0 aliphatic carbocycles. The highest BCUT2D eigenvalue weighted by atomic mass is 127. The molecule has 1 aromatic heterocycles. The van der Waals surface area contributed by atoms with Gasteiger partial charge in [0.15, 0.2) is 11.5 Å². The highest BCUT2D eigenvalue weighted by molar-refractivity contribution is 14.1. The molecule has 0 unspecified atom stereocenters. The number of hydrogen-bond acceptors (Lipinski definition) is 2. The maximum Gasteiger partial charge on any atom is 0.161 e. The lowest BCUT2D eigenvalue weighted by Crippen LogP contribution is -2.15. The number of ether oxygens (including phenoxy) is 2. The molecule has 20 heavy (non-hydrogen) atoms. The summed E-state index contributed by atoms with van der Waals surface area (Å²) in [5.41, 5.74) is 3.48. The molecule has 3 nitrogen and oxygen atoms in total. The molecule has 3 aromatic rings. The monoisotopic (exact) mass is 377 g/mol. The van der Waals surface area contributed by atoms with Gasteiger partial charge >= 0.3 is 0 Å². The van der Waals surface area contributed by atoms with Crippen LogP contribution in [0, 0.1) is 3.57 Å². The van der Waals surface area contributed by atoms with E-state index in [4.69, 9.17) is 9.47 Å². The SMILES string of the molecule is Ic1c[nH]c2c(-c3ccc4c(c3)OCCO4)cccc12. The lowest BCUT2D eigenvalue weighted by molar-refractivity contribution is 0.171. The minimum absolute atomic E-state index is 0.612. The van der Waals surface area contributed by atoms with E-state index < -0.39 is 0 Å². The van der Waals surface area contributed by atoms with E-state index in [0.29, 0.717) is 13.2 Å². The minimum atomic E-state index is 0.612. The second-order valence-corrected chi connectivity index (χ2v) is 5.89. The molecule has 0 bridgehead atoms. The Morgan fingerprint density at radius 1 is 1.00 bits per heavy atom. The first-order valence-corrected chi connectivity index (χ1v) is 7.56. The van der Waals surface area contributed by atoms with E-state index in [2.05, 4.69) is 57.9 Å². The molecule has 0 atom stereocenters. The quantitative estimate of drug-likeness (QED) is 0.645. The number of halogens is 1. The highest BCUT2D eigenvalue weighted by Gasteiger charge is 2.14. The number of rotatable bonds is 1. The fourth-order valence-electron chi connectivity index (χ4n) is 2.57. The van der Waals surface area contributed by atoms with Gasteiger partial charge in [-0.3, -0.25) is 0 Å². The Kier molecular flexibility index (Phi) is 2.84. The Bertz CT molecular complexity index is 794.